The summed E-state index contributed by atoms with van der Waals surface area (Å²) < 4.78 is 7.00. The first-order valence-electron chi connectivity index (χ1n) is 8.39. The summed E-state index contributed by atoms with van der Waals surface area (Å²) in [5, 5.41) is 11.5. The molecule has 3 rings (SSSR count). The minimum Gasteiger partial charge on any atom is -0.496 e. The number of carbonyl (C=O) groups is 2. The molecule has 27 heavy (non-hydrogen) atoms. The third kappa shape index (κ3) is 4.73. The van der Waals surface area contributed by atoms with Crippen molar-refractivity contribution in [2.45, 2.75) is 12.6 Å². The van der Waals surface area contributed by atoms with Crippen LogP contribution in [0.25, 0.3) is 0 Å². The minimum atomic E-state index is -0.689. The smallest absolute Gasteiger partial charge is 0.309 e. The van der Waals surface area contributed by atoms with Crippen LogP contribution in [-0.2, 0) is 16.1 Å². The maximum Gasteiger partial charge on any atom is 0.309 e. The van der Waals surface area contributed by atoms with E-state index in [1.807, 2.05) is 48.0 Å². The van der Waals surface area contributed by atoms with Crippen LogP contribution in [0.2, 0.25) is 0 Å². The largest absolute Gasteiger partial charge is 0.496 e. The summed E-state index contributed by atoms with van der Waals surface area (Å²) in [6.07, 6.45) is 3.51. The lowest BCUT2D eigenvalue weighted by Crippen LogP contribution is -2.41. The SMILES string of the molecule is COc1ccccc1CNC(=O)C(=O)NCC(c1cccs1)n1cccn1. The average molecular weight is 384 g/mol. The highest BCUT2D eigenvalue weighted by atomic mass is 32.1. The first kappa shape index (κ1) is 18.7. The second kappa shape index (κ2) is 9.00. The van der Waals surface area contributed by atoms with Gasteiger partial charge in [0.1, 0.15) is 11.8 Å². The Morgan fingerprint density at radius 2 is 1.96 bits per heavy atom. The van der Waals surface area contributed by atoms with E-state index < -0.39 is 11.8 Å². The van der Waals surface area contributed by atoms with Gasteiger partial charge in [0.15, 0.2) is 0 Å². The van der Waals surface area contributed by atoms with Gasteiger partial charge in [-0.1, -0.05) is 24.3 Å². The van der Waals surface area contributed by atoms with E-state index in [1.54, 1.807) is 35.4 Å². The highest BCUT2D eigenvalue weighted by molar-refractivity contribution is 7.10. The van der Waals surface area contributed by atoms with Crippen molar-refractivity contribution in [1.82, 2.24) is 20.4 Å². The van der Waals surface area contributed by atoms with Crippen LogP contribution in [0, 0.1) is 0 Å². The number of hydrogen-bond donors (Lipinski definition) is 2. The predicted octanol–water partition coefficient (Wildman–Crippen LogP) is 1.98. The third-order valence-corrected chi connectivity index (χ3v) is 4.98. The maximum absolute atomic E-state index is 12.2. The Morgan fingerprint density at radius 3 is 2.67 bits per heavy atom. The molecule has 7 nitrogen and oxygen atoms in total. The molecule has 2 amide bonds. The molecule has 0 aliphatic rings. The molecule has 0 saturated carbocycles. The zero-order valence-corrected chi connectivity index (χ0v) is 15.6. The van der Waals surface area contributed by atoms with E-state index in [-0.39, 0.29) is 19.1 Å². The lowest BCUT2D eigenvalue weighted by Gasteiger charge is -2.17. The Kier molecular flexibility index (Phi) is 6.22. The second-order valence-corrected chi connectivity index (χ2v) is 6.70. The van der Waals surface area contributed by atoms with Crippen LogP contribution >= 0.6 is 11.3 Å². The van der Waals surface area contributed by atoms with Gasteiger partial charge < -0.3 is 15.4 Å². The van der Waals surface area contributed by atoms with Gasteiger partial charge in [-0.3, -0.25) is 14.3 Å². The Labute approximate surface area is 161 Å². The van der Waals surface area contributed by atoms with Gasteiger partial charge in [0, 0.05) is 35.9 Å². The van der Waals surface area contributed by atoms with Gasteiger partial charge in [0.2, 0.25) is 0 Å². The zero-order chi connectivity index (χ0) is 19.1. The number of carbonyl (C=O) groups excluding carboxylic acids is 2. The number of rotatable bonds is 7. The van der Waals surface area contributed by atoms with Crippen molar-refractivity contribution in [2.24, 2.45) is 0 Å². The maximum atomic E-state index is 12.2. The number of para-hydroxylation sites is 1. The standard InChI is InChI=1S/C19H20N4O3S/c1-26-16-7-3-2-6-14(16)12-20-18(24)19(25)21-13-15(17-8-4-11-27-17)23-10-5-9-22-23/h2-11,15H,12-13H2,1H3,(H,20,24)(H,21,25). The van der Waals surface area contributed by atoms with Crippen molar-refractivity contribution < 1.29 is 14.3 Å². The van der Waals surface area contributed by atoms with Crippen LogP contribution in [0.15, 0.2) is 60.2 Å². The molecular weight excluding hydrogens is 364 g/mol. The molecule has 1 unspecified atom stereocenters. The van der Waals surface area contributed by atoms with Crippen LogP contribution < -0.4 is 15.4 Å². The number of hydrogen-bond acceptors (Lipinski definition) is 5. The van der Waals surface area contributed by atoms with Gasteiger partial charge in [-0.05, 0) is 23.6 Å². The molecule has 1 atom stereocenters. The van der Waals surface area contributed by atoms with Crippen LogP contribution in [-0.4, -0.2) is 35.2 Å². The summed E-state index contributed by atoms with van der Waals surface area (Å²) in [5.41, 5.74) is 0.800. The highest BCUT2D eigenvalue weighted by Gasteiger charge is 2.19. The fourth-order valence-electron chi connectivity index (χ4n) is 2.64. The first-order valence-corrected chi connectivity index (χ1v) is 9.27. The monoisotopic (exact) mass is 384 g/mol. The van der Waals surface area contributed by atoms with Crippen LogP contribution in [0.1, 0.15) is 16.5 Å². The normalized spacial score (nSPS) is 11.6. The van der Waals surface area contributed by atoms with Crippen molar-refractivity contribution >= 4 is 23.2 Å². The zero-order valence-electron chi connectivity index (χ0n) is 14.8. The molecule has 8 heteroatoms. The average Bonchev–Trinajstić information content (AvgIpc) is 3.41. The highest BCUT2D eigenvalue weighted by Crippen LogP contribution is 2.21. The number of thiophene rings is 1. The molecule has 0 aliphatic carbocycles. The van der Waals surface area contributed by atoms with E-state index in [1.165, 1.54) is 0 Å². The molecule has 0 saturated heterocycles. The molecule has 2 heterocycles. The second-order valence-electron chi connectivity index (χ2n) is 5.72. The van der Waals surface area contributed by atoms with E-state index in [0.29, 0.717) is 5.75 Å². The van der Waals surface area contributed by atoms with E-state index in [2.05, 4.69) is 15.7 Å². The number of ether oxygens (including phenoxy) is 1. The minimum absolute atomic E-state index is 0.161. The summed E-state index contributed by atoms with van der Waals surface area (Å²) in [6.45, 7) is 0.479. The number of nitrogens with one attached hydrogen (secondary N) is 2. The number of amides is 2. The molecule has 1 aromatic carbocycles. The van der Waals surface area contributed by atoms with Gasteiger partial charge in [-0.25, -0.2) is 0 Å². The van der Waals surface area contributed by atoms with E-state index in [9.17, 15) is 9.59 Å². The molecule has 0 aliphatic heterocycles. The Balaban J connectivity index is 1.57. The molecule has 2 N–H and O–H groups in total. The van der Waals surface area contributed by atoms with Gasteiger partial charge in [0.05, 0.1) is 7.11 Å². The molecule has 0 spiro atoms. The Morgan fingerprint density at radius 1 is 1.15 bits per heavy atom. The van der Waals surface area contributed by atoms with Crippen molar-refractivity contribution in [3.8, 4) is 5.75 Å². The summed E-state index contributed by atoms with van der Waals surface area (Å²) >= 11 is 1.57. The van der Waals surface area contributed by atoms with Crippen LogP contribution in [0.3, 0.4) is 0 Å². The van der Waals surface area contributed by atoms with Gasteiger partial charge in [-0.15, -0.1) is 11.3 Å². The lowest BCUT2D eigenvalue weighted by molar-refractivity contribution is -0.139. The van der Waals surface area contributed by atoms with E-state index in [0.717, 1.165) is 10.4 Å². The Hall–Kier alpha value is -3.13. The molecule has 140 valence electrons. The fraction of sp³-hybridized carbons (Fsp3) is 0.211. The summed E-state index contributed by atoms with van der Waals surface area (Å²) in [4.78, 5) is 25.3. The van der Waals surface area contributed by atoms with Crippen molar-refractivity contribution in [3.05, 3.63) is 70.7 Å². The van der Waals surface area contributed by atoms with Crippen molar-refractivity contribution in [3.63, 3.8) is 0 Å². The van der Waals surface area contributed by atoms with Gasteiger partial charge in [-0.2, -0.15) is 5.10 Å². The van der Waals surface area contributed by atoms with Gasteiger partial charge in [0.25, 0.3) is 0 Å². The van der Waals surface area contributed by atoms with Crippen molar-refractivity contribution in [2.75, 3.05) is 13.7 Å². The van der Waals surface area contributed by atoms with Gasteiger partial charge >= 0.3 is 11.8 Å². The fourth-order valence-corrected chi connectivity index (χ4v) is 3.46. The first-order chi connectivity index (χ1) is 13.2. The lowest BCUT2D eigenvalue weighted by atomic mass is 10.2. The summed E-state index contributed by atoms with van der Waals surface area (Å²) in [6, 6.07) is 12.9. The topological polar surface area (TPSA) is 85.2 Å². The number of methoxy groups -OCH3 is 1. The summed E-state index contributed by atoms with van der Waals surface area (Å²) in [7, 11) is 1.56. The molecule has 3 aromatic rings. The quantitative estimate of drug-likeness (QED) is 0.610. The number of nitrogens with zero attached hydrogens (tertiary/aromatic N) is 2. The van der Waals surface area contributed by atoms with Crippen LogP contribution in [0.4, 0.5) is 0 Å². The van der Waals surface area contributed by atoms with Crippen LogP contribution in [0.5, 0.6) is 5.75 Å². The molecule has 0 fully saturated rings. The van der Waals surface area contributed by atoms with Crippen molar-refractivity contribution in [1.29, 1.82) is 0 Å². The molecular formula is C19H20N4O3S. The third-order valence-electron chi connectivity index (χ3n) is 4.01. The predicted molar refractivity (Wildman–Crippen MR) is 103 cm³/mol. The Bertz CT molecular complexity index is 844. The number of aromatic nitrogens is 2. The van der Waals surface area contributed by atoms with E-state index >= 15 is 0 Å². The molecule has 0 radical (unpaired) electrons. The summed E-state index contributed by atoms with van der Waals surface area (Å²) in [5.74, 6) is -0.709. The molecule has 0 bridgehead atoms. The molecule has 2 aromatic heterocycles. The van der Waals surface area contributed by atoms with E-state index in [4.69, 9.17) is 4.74 Å². The number of benzene rings is 1.